The first-order chi connectivity index (χ1) is 8.65. The van der Waals surface area contributed by atoms with Crippen LogP contribution in [0.2, 0.25) is 0 Å². The number of hydrogen-bond donors (Lipinski definition) is 1. The normalized spacial score (nSPS) is 13.3. The van der Waals surface area contributed by atoms with Gasteiger partial charge in [0.1, 0.15) is 0 Å². The molecular weight excluding hydrogens is 232 g/mol. The molecule has 0 fully saturated rings. The van der Waals surface area contributed by atoms with E-state index in [9.17, 15) is 9.59 Å². The second-order valence-corrected chi connectivity index (χ2v) is 4.29. The van der Waals surface area contributed by atoms with E-state index in [2.05, 4.69) is 0 Å². The lowest BCUT2D eigenvalue weighted by atomic mass is 10.2. The fourth-order valence-electron chi connectivity index (χ4n) is 2.08. The van der Waals surface area contributed by atoms with Crippen molar-refractivity contribution in [3.05, 3.63) is 29.8 Å². The highest BCUT2D eigenvalue weighted by Gasteiger charge is 2.30. The van der Waals surface area contributed by atoms with Crippen molar-refractivity contribution in [2.45, 2.75) is 6.42 Å². The first-order valence-electron chi connectivity index (χ1n) is 5.91. The van der Waals surface area contributed by atoms with Gasteiger partial charge in [-0.15, -0.1) is 0 Å². The average molecular weight is 248 g/mol. The van der Waals surface area contributed by atoms with Crippen molar-refractivity contribution in [2.24, 2.45) is 0 Å². The number of amides is 2. The van der Waals surface area contributed by atoms with Crippen molar-refractivity contribution in [3.63, 3.8) is 0 Å². The van der Waals surface area contributed by atoms with Gasteiger partial charge in [-0.05, 0) is 18.1 Å². The van der Waals surface area contributed by atoms with E-state index in [1.807, 2.05) is 24.3 Å². The molecule has 5 nitrogen and oxygen atoms in total. The zero-order valence-electron chi connectivity index (χ0n) is 10.3. The molecule has 0 unspecified atom stereocenters. The molecule has 1 aliphatic rings. The smallest absolute Gasteiger partial charge is 0.316 e. The van der Waals surface area contributed by atoms with Gasteiger partial charge in [0.15, 0.2) is 0 Å². The van der Waals surface area contributed by atoms with Crippen LogP contribution in [0.15, 0.2) is 24.3 Å². The molecule has 0 radical (unpaired) electrons. The van der Waals surface area contributed by atoms with Crippen molar-refractivity contribution in [1.82, 2.24) is 4.90 Å². The highest BCUT2D eigenvalue weighted by molar-refractivity contribution is 6.40. The van der Waals surface area contributed by atoms with Crippen LogP contribution in [0.3, 0.4) is 0 Å². The van der Waals surface area contributed by atoms with E-state index in [0.29, 0.717) is 6.54 Å². The Morgan fingerprint density at radius 2 is 2.11 bits per heavy atom. The van der Waals surface area contributed by atoms with E-state index in [4.69, 9.17) is 5.11 Å². The Bertz CT molecular complexity index is 473. The molecule has 1 aromatic carbocycles. The summed E-state index contributed by atoms with van der Waals surface area (Å²) in [7, 11) is 1.51. The Labute approximate surface area is 106 Å². The molecule has 2 rings (SSSR count). The van der Waals surface area contributed by atoms with Gasteiger partial charge in [0.25, 0.3) is 0 Å². The predicted molar refractivity (Wildman–Crippen MR) is 67.2 cm³/mol. The number of carbonyl (C=O) groups is 2. The number of benzene rings is 1. The number of hydrogen-bond acceptors (Lipinski definition) is 3. The molecule has 0 atom stereocenters. The molecule has 2 amide bonds. The molecule has 0 bridgehead atoms. The molecule has 0 aromatic heterocycles. The van der Waals surface area contributed by atoms with Gasteiger partial charge in [0.05, 0.1) is 6.61 Å². The fraction of sp³-hybridized carbons (Fsp3) is 0.385. The van der Waals surface area contributed by atoms with Crippen LogP contribution in [0.1, 0.15) is 5.56 Å². The SMILES string of the molecule is CN(CCO)C(=O)C(=O)N1CCc2ccccc21. The van der Waals surface area contributed by atoms with E-state index in [0.717, 1.165) is 17.7 Å². The van der Waals surface area contributed by atoms with E-state index in [-0.39, 0.29) is 13.2 Å². The first kappa shape index (κ1) is 12.6. The van der Waals surface area contributed by atoms with Crippen molar-refractivity contribution in [2.75, 3.05) is 31.6 Å². The molecule has 0 saturated carbocycles. The zero-order valence-corrected chi connectivity index (χ0v) is 10.3. The Kier molecular flexibility index (Phi) is 3.62. The van der Waals surface area contributed by atoms with Crippen molar-refractivity contribution < 1.29 is 14.7 Å². The standard InChI is InChI=1S/C13H16N2O3/c1-14(8-9-16)12(17)13(18)15-7-6-10-4-2-3-5-11(10)15/h2-5,16H,6-9H2,1H3. The third kappa shape index (κ3) is 2.22. The summed E-state index contributed by atoms with van der Waals surface area (Å²) in [6.45, 7) is 0.559. The van der Waals surface area contributed by atoms with Gasteiger partial charge < -0.3 is 14.9 Å². The van der Waals surface area contributed by atoms with E-state index in [1.54, 1.807) is 0 Å². The van der Waals surface area contributed by atoms with Gasteiger partial charge in [-0.3, -0.25) is 9.59 Å². The summed E-state index contributed by atoms with van der Waals surface area (Å²) >= 11 is 0. The van der Waals surface area contributed by atoms with E-state index >= 15 is 0 Å². The van der Waals surface area contributed by atoms with Crippen LogP contribution in [0.5, 0.6) is 0 Å². The van der Waals surface area contributed by atoms with Gasteiger partial charge in [0.2, 0.25) is 0 Å². The summed E-state index contributed by atoms with van der Waals surface area (Å²) in [5, 5.41) is 8.77. The minimum absolute atomic E-state index is 0.147. The van der Waals surface area contributed by atoms with Crippen molar-refractivity contribution in [1.29, 1.82) is 0 Å². The molecule has 0 aliphatic carbocycles. The second-order valence-electron chi connectivity index (χ2n) is 4.29. The Balaban J connectivity index is 2.14. The lowest BCUT2D eigenvalue weighted by molar-refractivity contribution is -0.143. The molecule has 0 spiro atoms. The van der Waals surface area contributed by atoms with Gasteiger partial charge in [-0.2, -0.15) is 0 Å². The molecule has 18 heavy (non-hydrogen) atoms. The minimum Gasteiger partial charge on any atom is -0.395 e. The van der Waals surface area contributed by atoms with E-state index in [1.165, 1.54) is 16.8 Å². The summed E-state index contributed by atoms with van der Waals surface area (Å²) in [6.07, 6.45) is 0.777. The van der Waals surface area contributed by atoms with Crippen LogP contribution in [0.25, 0.3) is 0 Å². The third-order valence-corrected chi connectivity index (χ3v) is 3.10. The summed E-state index contributed by atoms with van der Waals surface area (Å²) in [6, 6.07) is 7.59. The third-order valence-electron chi connectivity index (χ3n) is 3.10. The van der Waals surface area contributed by atoms with E-state index < -0.39 is 11.8 Å². The highest BCUT2D eigenvalue weighted by atomic mass is 16.3. The van der Waals surface area contributed by atoms with Gasteiger partial charge >= 0.3 is 11.8 Å². The van der Waals surface area contributed by atoms with Crippen molar-refractivity contribution in [3.8, 4) is 0 Å². The largest absolute Gasteiger partial charge is 0.395 e. The quantitative estimate of drug-likeness (QED) is 0.751. The summed E-state index contributed by atoms with van der Waals surface area (Å²) < 4.78 is 0. The molecular formula is C13H16N2O3. The maximum atomic E-state index is 12.1. The molecule has 1 aromatic rings. The first-order valence-corrected chi connectivity index (χ1v) is 5.91. The van der Waals surface area contributed by atoms with Crippen LogP contribution in [-0.2, 0) is 16.0 Å². The zero-order chi connectivity index (χ0) is 13.1. The van der Waals surface area contributed by atoms with Gasteiger partial charge in [-0.1, -0.05) is 18.2 Å². The number of fused-ring (bicyclic) bond motifs is 1. The van der Waals surface area contributed by atoms with Crippen LogP contribution < -0.4 is 4.90 Å². The average Bonchev–Trinajstić information content (AvgIpc) is 2.81. The maximum Gasteiger partial charge on any atom is 0.316 e. The van der Waals surface area contributed by atoms with Crippen LogP contribution in [0.4, 0.5) is 5.69 Å². The molecule has 96 valence electrons. The number of aliphatic hydroxyl groups is 1. The Morgan fingerprint density at radius 1 is 1.39 bits per heavy atom. The van der Waals surface area contributed by atoms with Crippen LogP contribution in [-0.4, -0.2) is 48.6 Å². The Morgan fingerprint density at radius 3 is 2.83 bits per heavy atom. The number of anilines is 1. The Hall–Kier alpha value is -1.88. The summed E-state index contributed by atoms with van der Waals surface area (Å²) in [5.74, 6) is -1.11. The number of para-hydroxylation sites is 1. The van der Waals surface area contributed by atoms with Crippen molar-refractivity contribution >= 4 is 17.5 Å². The summed E-state index contributed by atoms with van der Waals surface area (Å²) in [4.78, 5) is 26.7. The number of aliphatic hydroxyl groups excluding tert-OH is 1. The van der Waals surface area contributed by atoms with Gasteiger partial charge in [0, 0.05) is 25.8 Å². The molecule has 5 heteroatoms. The monoisotopic (exact) mass is 248 g/mol. The highest BCUT2D eigenvalue weighted by Crippen LogP contribution is 2.27. The fourth-order valence-corrected chi connectivity index (χ4v) is 2.08. The predicted octanol–water partition coefficient (Wildman–Crippen LogP) is 0.0264. The lowest BCUT2D eigenvalue weighted by Crippen LogP contribution is -2.44. The minimum atomic E-state index is -0.583. The topological polar surface area (TPSA) is 60.9 Å². The molecule has 1 aliphatic heterocycles. The number of carbonyl (C=O) groups excluding carboxylic acids is 2. The lowest BCUT2D eigenvalue weighted by Gasteiger charge is -2.21. The second kappa shape index (κ2) is 5.18. The number of rotatable bonds is 2. The molecule has 1 N–H and O–H groups in total. The summed E-state index contributed by atoms with van der Waals surface area (Å²) in [5.41, 5.74) is 1.90. The van der Waals surface area contributed by atoms with Crippen LogP contribution >= 0.6 is 0 Å². The maximum absolute atomic E-state index is 12.1. The molecule has 1 heterocycles. The molecule has 0 saturated heterocycles. The number of likely N-dealkylation sites (N-methyl/N-ethyl adjacent to an activating group) is 1. The van der Waals surface area contributed by atoms with Gasteiger partial charge in [-0.25, -0.2) is 0 Å². The number of nitrogens with zero attached hydrogens (tertiary/aromatic N) is 2. The van der Waals surface area contributed by atoms with Crippen LogP contribution in [0, 0.1) is 0 Å².